The van der Waals surface area contributed by atoms with Crippen LogP contribution in [0.4, 0.5) is 16.5 Å². The van der Waals surface area contributed by atoms with E-state index in [-0.39, 0.29) is 22.7 Å². The van der Waals surface area contributed by atoms with Gasteiger partial charge in [0, 0.05) is 29.1 Å². The molecule has 3 aromatic rings. The van der Waals surface area contributed by atoms with Gasteiger partial charge < -0.3 is 14.8 Å². The number of hydrogen-bond donors (Lipinski definition) is 1. The van der Waals surface area contributed by atoms with Gasteiger partial charge in [-0.2, -0.15) is 0 Å². The van der Waals surface area contributed by atoms with Crippen LogP contribution in [0.2, 0.25) is 0 Å². The van der Waals surface area contributed by atoms with E-state index in [4.69, 9.17) is 9.47 Å². The minimum absolute atomic E-state index is 0. The number of aromatic nitrogens is 1. The highest BCUT2D eigenvalue weighted by Crippen LogP contribution is 2.34. The number of hydrogen-bond acceptors (Lipinski definition) is 7. The third kappa shape index (κ3) is 4.30. The summed E-state index contributed by atoms with van der Waals surface area (Å²) in [5.74, 6) is 1.35. The number of ether oxygens (including phenoxy) is 2. The quantitative estimate of drug-likeness (QED) is 0.428. The van der Waals surface area contributed by atoms with E-state index in [1.54, 1.807) is 38.5 Å². The molecule has 0 fully saturated rings. The number of nitrogens with zero attached hydrogens (tertiary/aromatic N) is 2. The summed E-state index contributed by atoms with van der Waals surface area (Å²) in [5, 5.41) is 16.6. The molecule has 0 atom stereocenters. The second kappa shape index (κ2) is 8.63. The molecule has 1 heterocycles. The van der Waals surface area contributed by atoms with Gasteiger partial charge in [0.15, 0.2) is 5.13 Å². The van der Waals surface area contributed by atoms with Crippen LogP contribution >= 0.6 is 28.3 Å². The van der Waals surface area contributed by atoms with Crippen LogP contribution < -0.4 is 14.8 Å². The standard InChI is InChI=1S/C17H15N3O4S.BrH/c1-23-13-6-7-16(24-2)14(9-13)18-17-19-15(10-25-17)11-4-3-5-12(8-11)20(21)22;/h3-10H,1-2H3,(H,18,19);1H. The Morgan fingerprint density at radius 2 is 1.96 bits per heavy atom. The lowest BCUT2D eigenvalue weighted by Gasteiger charge is -2.10. The summed E-state index contributed by atoms with van der Waals surface area (Å²) in [4.78, 5) is 15.0. The molecule has 0 saturated carbocycles. The van der Waals surface area contributed by atoms with Crippen LogP contribution in [0.3, 0.4) is 0 Å². The van der Waals surface area contributed by atoms with E-state index in [0.29, 0.717) is 27.9 Å². The predicted molar refractivity (Wildman–Crippen MR) is 107 cm³/mol. The fourth-order valence-electron chi connectivity index (χ4n) is 2.27. The van der Waals surface area contributed by atoms with Crippen molar-refractivity contribution in [3.05, 3.63) is 58.0 Å². The third-order valence-corrected chi connectivity index (χ3v) is 4.26. The molecule has 0 radical (unpaired) electrons. The number of nitrogens with one attached hydrogen (secondary N) is 1. The van der Waals surface area contributed by atoms with Crippen LogP contribution in [0.15, 0.2) is 47.8 Å². The zero-order valence-corrected chi connectivity index (χ0v) is 16.5. The van der Waals surface area contributed by atoms with Gasteiger partial charge in [0.05, 0.1) is 30.5 Å². The maximum atomic E-state index is 10.9. The first kappa shape index (κ1) is 19.7. The molecule has 0 aliphatic heterocycles. The predicted octanol–water partition coefficient (Wildman–Crippen LogP) is 5.06. The number of nitro benzene ring substituents is 1. The number of anilines is 2. The molecule has 3 rings (SSSR count). The van der Waals surface area contributed by atoms with Crippen molar-refractivity contribution in [2.45, 2.75) is 0 Å². The fraction of sp³-hybridized carbons (Fsp3) is 0.118. The van der Waals surface area contributed by atoms with Crippen LogP contribution in [0, 0.1) is 10.1 Å². The van der Waals surface area contributed by atoms with E-state index in [9.17, 15) is 10.1 Å². The highest BCUT2D eigenvalue weighted by Gasteiger charge is 2.12. The lowest BCUT2D eigenvalue weighted by Crippen LogP contribution is -1.95. The number of methoxy groups -OCH3 is 2. The Morgan fingerprint density at radius 3 is 2.65 bits per heavy atom. The maximum Gasteiger partial charge on any atom is 0.270 e. The van der Waals surface area contributed by atoms with Crippen LogP contribution in [0.5, 0.6) is 11.5 Å². The average Bonchev–Trinajstić information content (AvgIpc) is 3.10. The minimum Gasteiger partial charge on any atom is -0.497 e. The van der Waals surface area contributed by atoms with Crippen LogP contribution in [-0.2, 0) is 0 Å². The zero-order valence-electron chi connectivity index (χ0n) is 14.0. The van der Waals surface area contributed by atoms with Gasteiger partial charge in [0.1, 0.15) is 11.5 Å². The molecule has 136 valence electrons. The van der Waals surface area contributed by atoms with Crippen molar-refractivity contribution < 1.29 is 14.4 Å². The number of non-ortho nitro benzene ring substituents is 1. The Kier molecular flexibility index (Phi) is 6.53. The molecule has 0 aliphatic carbocycles. The van der Waals surface area contributed by atoms with Crippen molar-refractivity contribution in [2.75, 3.05) is 19.5 Å². The first-order valence-corrected chi connectivity index (χ1v) is 8.18. The second-order valence-electron chi connectivity index (χ2n) is 5.04. The normalized spacial score (nSPS) is 9.92. The smallest absolute Gasteiger partial charge is 0.270 e. The van der Waals surface area contributed by atoms with E-state index in [2.05, 4.69) is 10.3 Å². The molecule has 0 bridgehead atoms. The Balaban J connectivity index is 0.00000243. The first-order valence-electron chi connectivity index (χ1n) is 7.30. The van der Waals surface area contributed by atoms with Crippen molar-refractivity contribution >= 4 is 44.8 Å². The molecule has 0 amide bonds. The van der Waals surface area contributed by atoms with E-state index in [0.717, 1.165) is 5.69 Å². The Morgan fingerprint density at radius 1 is 1.15 bits per heavy atom. The molecule has 0 saturated heterocycles. The zero-order chi connectivity index (χ0) is 17.8. The van der Waals surface area contributed by atoms with Crippen LogP contribution in [-0.4, -0.2) is 24.1 Å². The third-order valence-electron chi connectivity index (χ3n) is 3.51. The van der Waals surface area contributed by atoms with Crippen molar-refractivity contribution in [2.24, 2.45) is 0 Å². The van der Waals surface area contributed by atoms with Crippen LogP contribution in [0.1, 0.15) is 0 Å². The monoisotopic (exact) mass is 437 g/mol. The van der Waals surface area contributed by atoms with Gasteiger partial charge in [-0.25, -0.2) is 4.98 Å². The molecule has 0 aliphatic rings. The number of nitro groups is 1. The Hall–Kier alpha value is -2.65. The number of benzene rings is 2. The highest BCUT2D eigenvalue weighted by atomic mass is 79.9. The van der Waals surface area contributed by atoms with Crippen molar-refractivity contribution in [1.82, 2.24) is 4.98 Å². The van der Waals surface area contributed by atoms with Crippen molar-refractivity contribution in [3.63, 3.8) is 0 Å². The summed E-state index contributed by atoms with van der Waals surface area (Å²) in [5.41, 5.74) is 2.12. The lowest BCUT2D eigenvalue weighted by atomic mass is 10.1. The fourth-order valence-corrected chi connectivity index (χ4v) is 3.00. The number of rotatable bonds is 6. The second-order valence-corrected chi connectivity index (χ2v) is 5.89. The van der Waals surface area contributed by atoms with E-state index < -0.39 is 4.92 Å². The minimum atomic E-state index is -0.420. The topological polar surface area (TPSA) is 86.5 Å². The molecule has 7 nitrogen and oxygen atoms in total. The van der Waals surface area contributed by atoms with Crippen molar-refractivity contribution in [3.8, 4) is 22.8 Å². The molecule has 9 heteroatoms. The number of thiazole rings is 1. The highest BCUT2D eigenvalue weighted by molar-refractivity contribution is 8.93. The largest absolute Gasteiger partial charge is 0.497 e. The van der Waals surface area contributed by atoms with Crippen LogP contribution in [0.25, 0.3) is 11.3 Å². The van der Waals surface area contributed by atoms with Gasteiger partial charge in [0.2, 0.25) is 0 Å². The molecule has 1 N–H and O–H groups in total. The van der Waals surface area contributed by atoms with E-state index in [1.807, 2.05) is 11.4 Å². The first-order chi connectivity index (χ1) is 12.1. The number of halogens is 1. The van der Waals surface area contributed by atoms with Gasteiger partial charge >= 0.3 is 0 Å². The van der Waals surface area contributed by atoms with Gasteiger partial charge in [-0.3, -0.25) is 10.1 Å². The van der Waals surface area contributed by atoms with Gasteiger partial charge in [-0.05, 0) is 12.1 Å². The SMILES string of the molecule is Br.COc1ccc(OC)c(Nc2nc(-c3cccc([N+](=O)[O-])c3)cs2)c1. The summed E-state index contributed by atoms with van der Waals surface area (Å²) in [6, 6.07) is 11.8. The summed E-state index contributed by atoms with van der Waals surface area (Å²) in [7, 11) is 3.18. The molecule has 26 heavy (non-hydrogen) atoms. The molecule has 0 unspecified atom stereocenters. The molecule has 2 aromatic carbocycles. The summed E-state index contributed by atoms with van der Waals surface area (Å²) < 4.78 is 10.6. The maximum absolute atomic E-state index is 10.9. The van der Waals surface area contributed by atoms with Crippen molar-refractivity contribution in [1.29, 1.82) is 0 Å². The molecular formula is C17H16BrN3O4S. The Labute approximate surface area is 164 Å². The average molecular weight is 438 g/mol. The summed E-state index contributed by atoms with van der Waals surface area (Å²) >= 11 is 1.40. The van der Waals surface area contributed by atoms with Gasteiger partial charge in [0.25, 0.3) is 5.69 Å². The lowest BCUT2D eigenvalue weighted by molar-refractivity contribution is -0.384. The summed E-state index contributed by atoms with van der Waals surface area (Å²) in [6.45, 7) is 0. The van der Waals surface area contributed by atoms with Gasteiger partial charge in [-0.15, -0.1) is 28.3 Å². The molecule has 1 aromatic heterocycles. The molecule has 0 spiro atoms. The Bertz CT molecular complexity index is 917. The van der Waals surface area contributed by atoms with Gasteiger partial charge in [-0.1, -0.05) is 12.1 Å². The molecular weight excluding hydrogens is 422 g/mol. The van der Waals surface area contributed by atoms with E-state index >= 15 is 0 Å². The van der Waals surface area contributed by atoms with E-state index in [1.165, 1.54) is 23.5 Å². The summed E-state index contributed by atoms with van der Waals surface area (Å²) in [6.07, 6.45) is 0.